The summed E-state index contributed by atoms with van der Waals surface area (Å²) in [5, 5.41) is 6.89. The second-order valence-corrected chi connectivity index (χ2v) is 4.60. The number of amides is 1. The van der Waals surface area contributed by atoms with E-state index < -0.39 is 0 Å². The number of hydrogen-bond acceptors (Lipinski definition) is 3. The average Bonchev–Trinajstić information content (AvgIpc) is 2.56. The van der Waals surface area contributed by atoms with Crippen molar-refractivity contribution in [3.05, 3.63) is 11.8 Å². The summed E-state index contributed by atoms with van der Waals surface area (Å²) >= 11 is 0. The van der Waals surface area contributed by atoms with Gasteiger partial charge in [-0.3, -0.25) is 9.48 Å². The fourth-order valence-electron chi connectivity index (χ4n) is 1.20. The van der Waals surface area contributed by atoms with Gasteiger partial charge in [-0.1, -0.05) is 20.8 Å². The van der Waals surface area contributed by atoms with Crippen LogP contribution in [0.4, 0.5) is 5.82 Å². The molecule has 1 rings (SSSR count). The third-order valence-electron chi connectivity index (χ3n) is 3.00. The maximum absolute atomic E-state index is 11.8. The molecule has 5 heteroatoms. The van der Waals surface area contributed by atoms with Crippen molar-refractivity contribution in [1.82, 2.24) is 15.1 Å². The van der Waals surface area contributed by atoms with Crippen molar-refractivity contribution in [2.75, 3.05) is 5.73 Å². The van der Waals surface area contributed by atoms with Crippen LogP contribution in [0.2, 0.25) is 0 Å². The number of hydrogen-bond donors (Lipinski definition) is 2. The molecule has 0 aromatic carbocycles. The molecule has 0 saturated heterocycles. The van der Waals surface area contributed by atoms with E-state index in [0.29, 0.717) is 12.4 Å². The summed E-state index contributed by atoms with van der Waals surface area (Å²) in [6, 6.07) is 0. The van der Waals surface area contributed by atoms with Gasteiger partial charge in [0.1, 0.15) is 5.82 Å². The summed E-state index contributed by atoms with van der Waals surface area (Å²) in [5.74, 6) is 0.632. The summed E-state index contributed by atoms with van der Waals surface area (Å²) in [6.07, 6.45) is 2.48. The zero-order chi connectivity index (χ0) is 12.3. The molecule has 3 N–H and O–H groups in total. The molecule has 0 aliphatic heterocycles. The van der Waals surface area contributed by atoms with Crippen LogP contribution in [0.25, 0.3) is 0 Å². The van der Waals surface area contributed by atoms with Crippen LogP contribution < -0.4 is 11.1 Å². The molecular weight excluding hydrogens is 204 g/mol. The van der Waals surface area contributed by atoms with Crippen LogP contribution in [0.5, 0.6) is 0 Å². The van der Waals surface area contributed by atoms with E-state index in [1.807, 2.05) is 20.8 Å². The SMILES string of the molecule is CCC(C)(C)C(=O)NCc1cnn(C)c1N. The largest absolute Gasteiger partial charge is 0.384 e. The van der Waals surface area contributed by atoms with E-state index in [9.17, 15) is 4.79 Å². The lowest BCUT2D eigenvalue weighted by Crippen LogP contribution is -2.36. The van der Waals surface area contributed by atoms with Gasteiger partial charge < -0.3 is 11.1 Å². The molecular formula is C11H20N4O. The molecule has 90 valence electrons. The van der Waals surface area contributed by atoms with Crippen LogP contribution >= 0.6 is 0 Å². The number of nitrogens with zero attached hydrogens (tertiary/aromatic N) is 2. The lowest BCUT2D eigenvalue weighted by Gasteiger charge is -2.21. The Morgan fingerprint density at radius 2 is 2.25 bits per heavy atom. The van der Waals surface area contributed by atoms with E-state index in [0.717, 1.165) is 12.0 Å². The zero-order valence-electron chi connectivity index (χ0n) is 10.4. The normalized spacial score (nSPS) is 11.5. The Labute approximate surface area is 96.0 Å². The number of nitrogen functional groups attached to an aromatic ring is 1. The highest BCUT2D eigenvalue weighted by Crippen LogP contribution is 2.20. The highest BCUT2D eigenvalue weighted by molar-refractivity contribution is 5.81. The molecule has 0 spiro atoms. The molecule has 0 atom stereocenters. The van der Waals surface area contributed by atoms with Crippen LogP contribution in [0.15, 0.2) is 6.20 Å². The van der Waals surface area contributed by atoms with Crippen molar-refractivity contribution in [3.8, 4) is 0 Å². The third-order valence-corrected chi connectivity index (χ3v) is 3.00. The van der Waals surface area contributed by atoms with Crippen molar-refractivity contribution >= 4 is 11.7 Å². The van der Waals surface area contributed by atoms with E-state index in [1.165, 1.54) is 0 Å². The number of aromatic nitrogens is 2. The van der Waals surface area contributed by atoms with Gasteiger partial charge in [0.25, 0.3) is 0 Å². The van der Waals surface area contributed by atoms with Gasteiger partial charge in [0.2, 0.25) is 5.91 Å². The molecule has 1 amide bonds. The Bertz CT molecular complexity index is 381. The molecule has 0 fully saturated rings. The molecule has 0 saturated carbocycles. The highest BCUT2D eigenvalue weighted by atomic mass is 16.2. The first-order chi connectivity index (χ1) is 7.38. The van der Waals surface area contributed by atoms with Gasteiger partial charge in [0.05, 0.1) is 6.20 Å². The van der Waals surface area contributed by atoms with E-state index in [1.54, 1.807) is 17.9 Å². The number of carbonyl (C=O) groups excluding carboxylic acids is 1. The van der Waals surface area contributed by atoms with Crippen LogP contribution in [0.3, 0.4) is 0 Å². The summed E-state index contributed by atoms with van der Waals surface area (Å²) in [5.41, 5.74) is 6.29. The average molecular weight is 224 g/mol. The molecule has 1 aromatic heterocycles. The zero-order valence-corrected chi connectivity index (χ0v) is 10.4. The maximum Gasteiger partial charge on any atom is 0.225 e. The molecule has 0 aliphatic carbocycles. The monoisotopic (exact) mass is 224 g/mol. The summed E-state index contributed by atoms with van der Waals surface area (Å²) in [6.45, 7) is 6.28. The van der Waals surface area contributed by atoms with Gasteiger partial charge in [-0.2, -0.15) is 5.10 Å². The Balaban J connectivity index is 2.59. The van der Waals surface area contributed by atoms with Crippen LogP contribution in [0, 0.1) is 5.41 Å². The fourth-order valence-corrected chi connectivity index (χ4v) is 1.20. The van der Waals surface area contributed by atoms with Crippen molar-refractivity contribution < 1.29 is 4.79 Å². The number of carbonyl (C=O) groups is 1. The summed E-state index contributed by atoms with van der Waals surface area (Å²) < 4.78 is 1.59. The van der Waals surface area contributed by atoms with Gasteiger partial charge in [-0.05, 0) is 6.42 Å². The second kappa shape index (κ2) is 4.55. The van der Waals surface area contributed by atoms with Gasteiger partial charge in [0.15, 0.2) is 0 Å². The Hall–Kier alpha value is -1.52. The first-order valence-corrected chi connectivity index (χ1v) is 5.43. The predicted octanol–water partition coefficient (Wildman–Crippen LogP) is 1.05. The predicted molar refractivity (Wildman–Crippen MR) is 63.5 cm³/mol. The molecule has 0 radical (unpaired) electrons. The highest BCUT2D eigenvalue weighted by Gasteiger charge is 2.24. The smallest absolute Gasteiger partial charge is 0.225 e. The number of anilines is 1. The summed E-state index contributed by atoms with van der Waals surface area (Å²) in [7, 11) is 1.77. The molecule has 5 nitrogen and oxygen atoms in total. The second-order valence-electron chi connectivity index (χ2n) is 4.60. The van der Waals surface area contributed by atoms with Gasteiger partial charge >= 0.3 is 0 Å². The molecule has 1 heterocycles. The van der Waals surface area contributed by atoms with Crippen LogP contribution in [0.1, 0.15) is 32.8 Å². The maximum atomic E-state index is 11.8. The topological polar surface area (TPSA) is 72.9 Å². The van der Waals surface area contributed by atoms with Crippen molar-refractivity contribution in [3.63, 3.8) is 0 Å². The number of aryl methyl sites for hydroxylation is 1. The first-order valence-electron chi connectivity index (χ1n) is 5.43. The van der Waals surface area contributed by atoms with Crippen molar-refractivity contribution in [2.24, 2.45) is 12.5 Å². The molecule has 1 aromatic rings. The van der Waals surface area contributed by atoms with Gasteiger partial charge in [-0.25, -0.2) is 0 Å². The molecule has 0 bridgehead atoms. The first kappa shape index (κ1) is 12.5. The quantitative estimate of drug-likeness (QED) is 0.803. The number of nitrogens with one attached hydrogen (secondary N) is 1. The molecule has 0 unspecified atom stereocenters. The Kier molecular flexibility index (Phi) is 3.57. The summed E-state index contributed by atoms with van der Waals surface area (Å²) in [4.78, 5) is 11.8. The standard InChI is InChI=1S/C11H20N4O/c1-5-11(2,3)10(16)13-6-8-7-14-15(4)9(8)12/h7H,5-6,12H2,1-4H3,(H,13,16). The van der Waals surface area contributed by atoms with Crippen LogP contribution in [-0.2, 0) is 18.4 Å². The van der Waals surface area contributed by atoms with E-state index >= 15 is 0 Å². The van der Waals surface area contributed by atoms with E-state index in [-0.39, 0.29) is 11.3 Å². The van der Waals surface area contributed by atoms with Gasteiger partial charge in [0, 0.05) is 24.6 Å². The Morgan fingerprint density at radius 1 is 1.62 bits per heavy atom. The molecule has 0 aliphatic rings. The van der Waals surface area contributed by atoms with Crippen LogP contribution in [-0.4, -0.2) is 15.7 Å². The minimum Gasteiger partial charge on any atom is -0.384 e. The van der Waals surface area contributed by atoms with E-state index in [4.69, 9.17) is 5.73 Å². The lowest BCUT2D eigenvalue weighted by atomic mass is 9.89. The minimum absolute atomic E-state index is 0.0400. The molecule has 16 heavy (non-hydrogen) atoms. The number of rotatable bonds is 4. The number of nitrogens with two attached hydrogens (primary N) is 1. The van der Waals surface area contributed by atoms with Crippen molar-refractivity contribution in [2.45, 2.75) is 33.7 Å². The van der Waals surface area contributed by atoms with Crippen molar-refractivity contribution in [1.29, 1.82) is 0 Å². The fraction of sp³-hybridized carbons (Fsp3) is 0.636. The van der Waals surface area contributed by atoms with Gasteiger partial charge in [-0.15, -0.1) is 0 Å². The third kappa shape index (κ3) is 2.53. The van der Waals surface area contributed by atoms with E-state index in [2.05, 4.69) is 10.4 Å². The lowest BCUT2D eigenvalue weighted by molar-refractivity contribution is -0.129. The Morgan fingerprint density at radius 3 is 2.69 bits per heavy atom. The minimum atomic E-state index is -0.336.